The fourth-order valence-corrected chi connectivity index (χ4v) is 3.97. The number of rotatable bonds is 7. The Hall–Kier alpha value is -2.54. The quantitative estimate of drug-likeness (QED) is 0.789. The molecule has 0 bridgehead atoms. The summed E-state index contributed by atoms with van der Waals surface area (Å²) in [5.41, 5.74) is 3.29. The van der Waals surface area contributed by atoms with Gasteiger partial charge in [-0.15, -0.1) is 0 Å². The van der Waals surface area contributed by atoms with Crippen LogP contribution in [0.25, 0.3) is 0 Å². The molecular formula is C20H26N2O4S. The minimum absolute atomic E-state index is 0.325. The molecule has 2 aromatic carbocycles. The van der Waals surface area contributed by atoms with Crippen molar-refractivity contribution in [1.82, 2.24) is 5.32 Å². The number of aryl methyl sites for hydroxylation is 2. The van der Waals surface area contributed by atoms with Crippen LogP contribution in [0.2, 0.25) is 0 Å². The van der Waals surface area contributed by atoms with Crippen molar-refractivity contribution in [3.05, 3.63) is 59.2 Å². The maximum Gasteiger partial charge on any atom is 0.243 e. The van der Waals surface area contributed by atoms with E-state index in [1.165, 1.54) is 7.11 Å². The topological polar surface area (TPSA) is 75.7 Å². The summed E-state index contributed by atoms with van der Waals surface area (Å²) in [5, 5.41) is 2.81. The average molecular weight is 391 g/mol. The number of anilines is 1. The van der Waals surface area contributed by atoms with Crippen LogP contribution in [0.3, 0.4) is 0 Å². The first-order valence-electron chi connectivity index (χ1n) is 8.60. The summed E-state index contributed by atoms with van der Waals surface area (Å²) in [4.78, 5) is 12.7. The van der Waals surface area contributed by atoms with E-state index in [2.05, 4.69) is 5.32 Å². The minimum Gasteiger partial charge on any atom is -0.495 e. The molecule has 0 fully saturated rings. The van der Waals surface area contributed by atoms with Crippen LogP contribution in [-0.4, -0.2) is 33.7 Å². The second kappa shape index (κ2) is 8.43. The molecule has 2 aromatic rings. The van der Waals surface area contributed by atoms with Crippen LogP contribution in [0.4, 0.5) is 5.69 Å². The summed E-state index contributed by atoms with van der Waals surface area (Å²) in [7, 11) is -2.24. The van der Waals surface area contributed by atoms with Gasteiger partial charge in [-0.2, -0.15) is 0 Å². The Morgan fingerprint density at radius 1 is 1.11 bits per heavy atom. The van der Waals surface area contributed by atoms with Gasteiger partial charge in [-0.1, -0.05) is 35.9 Å². The van der Waals surface area contributed by atoms with Gasteiger partial charge >= 0.3 is 0 Å². The smallest absolute Gasteiger partial charge is 0.243 e. The number of methoxy groups -OCH3 is 1. The van der Waals surface area contributed by atoms with Crippen LogP contribution < -0.4 is 14.4 Å². The number of benzene rings is 2. The Morgan fingerprint density at radius 2 is 1.70 bits per heavy atom. The molecule has 0 spiro atoms. The number of hydrogen-bond acceptors (Lipinski definition) is 4. The summed E-state index contributed by atoms with van der Waals surface area (Å²) < 4.78 is 31.3. The molecule has 0 radical (unpaired) electrons. The van der Waals surface area contributed by atoms with Crippen molar-refractivity contribution in [2.24, 2.45) is 0 Å². The molecule has 1 N–H and O–H groups in total. The van der Waals surface area contributed by atoms with Crippen molar-refractivity contribution >= 4 is 21.6 Å². The van der Waals surface area contributed by atoms with E-state index >= 15 is 0 Å². The number of sulfonamides is 1. The molecule has 0 aliphatic rings. The summed E-state index contributed by atoms with van der Waals surface area (Å²) in [6, 6.07) is 12.1. The number of nitrogens with one attached hydrogen (secondary N) is 1. The van der Waals surface area contributed by atoms with Crippen molar-refractivity contribution in [3.8, 4) is 5.75 Å². The number of hydrogen-bond donors (Lipinski definition) is 1. The molecule has 2 rings (SSSR count). The van der Waals surface area contributed by atoms with E-state index in [9.17, 15) is 13.2 Å². The maximum atomic E-state index is 12.7. The third-order valence-electron chi connectivity index (χ3n) is 4.25. The third-order valence-corrected chi connectivity index (χ3v) is 5.48. The zero-order valence-corrected chi connectivity index (χ0v) is 17.1. The van der Waals surface area contributed by atoms with Crippen LogP contribution in [0.15, 0.2) is 42.5 Å². The number of carbonyl (C=O) groups is 1. The maximum absolute atomic E-state index is 12.7. The van der Waals surface area contributed by atoms with Gasteiger partial charge in [-0.3, -0.25) is 9.10 Å². The Labute approximate surface area is 161 Å². The molecule has 0 aliphatic carbocycles. The van der Waals surface area contributed by atoms with Crippen molar-refractivity contribution < 1.29 is 17.9 Å². The predicted molar refractivity (Wildman–Crippen MR) is 108 cm³/mol. The molecule has 0 aromatic heterocycles. The molecule has 1 amide bonds. The molecule has 6 nitrogen and oxygen atoms in total. The molecule has 27 heavy (non-hydrogen) atoms. The molecule has 7 heteroatoms. The second-order valence-corrected chi connectivity index (χ2v) is 8.47. The Morgan fingerprint density at radius 3 is 2.26 bits per heavy atom. The van der Waals surface area contributed by atoms with Crippen molar-refractivity contribution in [3.63, 3.8) is 0 Å². The molecule has 0 saturated heterocycles. The van der Waals surface area contributed by atoms with Gasteiger partial charge in [0.05, 0.1) is 19.1 Å². The highest BCUT2D eigenvalue weighted by Gasteiger charge is 2.31. The molecule has 0 saturated carbocycles. The van der Waals surface area contributed by atoms with E-state index in [0.29, 0.717) is 18.0 Å². The van der Waals surface area contributed by atoms with E-state index in [1.54, 1.807) is 19.1 Å². The fraction of sp³-hybridized carbons (Fsp3) is 0.350. The zero-order valence-electron chi connectivity index (χ0n) is 16.3. The summed E-state index contributed by atoms with van der Waals surface area (Å²) in [6.45, 7) is 5.73. The largest absolute Gasteiger partial charge is 0.495 e. The van der Waals surface area contributed by atoms with Crippen molar-refractivity contribution in [1.29, 1.82) is 0 Å². The first-order chi connectivity index (χ1) is 12.6. The number of ether oxygens (including phenoxy) is 1. The SMILES string of the molecule is COc1ccc(C)cc1N([C@H](C)C(=O)NCc1ccc(C)cc1)S(C)(=O)=O. The molecule has 0 aliphatic heterocycles. The molecule has 0 heterocycles. The van der Waals surface area contributed by atoms with Crippen LogP contribution >= 0.6 is 0 Å². The highest BCUT2D eigenvalue weighted by molar-refractivity contribution is 7.92. The van der Waals surface area contributed by atoms with Gasteiger partial charge in [-0.25, -0.2) is 8.42 Å². The van der Waals surface area contributed by atoms with E-state index in [4.69, 9.17) is 4.74 Å². The van der Waals surface area contributed by atoms with E-state index in [0.717, 1.165) is 27.3 Å². The summed E-state index contributed by atoms with van der Waals surface area (Å²) in [6.07, 6.45) is 1.08. The lowest BCUT2D eigenvalue weighted by Gasteiger charge is -2.29. The van der Waals surface area contributed by atoms with Crippen molar-refractivity contribution in [2.75, 3.05) is 17.7 Å². The zero-order chi connectivity index (χ0) is 20.2. The van der Waals surface area contributed by atoms with Gasteiger partial charge in [0.2, 0.25) is 15.9 Å². The lowest BCUT2D eigenvalue weighted by Crippen LogP contribution is -2.47. The van der Waals surface area contributed by atoms with Gasteiger partial charge in [0.15, 0.2) is 0 Å². The van der Waals surface area contributed by atoms with E-state index in [1.807, 2.05) is 44.2 Å². The van der Waals surface area contributed by atoms with Gasteiger partial charge in [-0.05, 0) is 44.0 Å². The van der Waals surface area contributed by atoms with Crippen molar-refractivity contribution in [2.45, 2.75) is 33.4 Å². The Bertz CT molecular complexity index is 908. The van der Waals surface area contributed by atoms with E-state index in [-0.39, 0.29) is 5.91 Å². The third kappa shape index (κ3) is 5.23. The van der Waals surface area contributed by atoms with Gasteiger partial charge in [0, 0.05) is 6.54 Å². The van der Waals surface area contributed by atoms with Crippen LogP contribution in [0.1, 0.15) is 23.6 Å². The average Bonchev–Trinajstić information content (AvgIpc) is 2.60. The summed E-state index contributed by atoms with van der Waals surface area (Å²) in [5.74, 6) is 0.00812. The van der Waals surface area contributed by atoms with Gasteiger partial charge in [0.25, 0.3) is 0 Å². The minimum atomic E-state index is -3.71. The fourth-order valence-electron chi connectivity index (χ4n) is 2.80. The number of nitrogens with zero attached hydrogens (tertiary/aromatic N) is 1. The first-order valence-corrected chi connectivity index (χ1v) is 10.5. The highest BCUT2D eigenvalue weighted by atomic mass is 32.2. The van der Waals surface area contributed by atoms with E-state index < -0.39 is 16.1 Å². The van der Waals surface area contributed by atoms with Gasteiger partial charge < -0.3 is 10.1 Å². The summed E-state index contributed by atoms with van der Waals surface area (Å²) >= 11 is 0. The molecule has 1 atom stereocenters. The molecular weight excluding hydrogens is 364 g/mol. The Kier molecular flexibility index (Phi) is 6.49. The first kappa shape index (κ1) is 20.8. The lowest BCUT2D eigenvalue weighted by atomic mass is 10.1. The van der Waals surface area contributed by atoms with Crippen LogP contribution in [0, 0.1) is 13.8 Å². The van der Waals surface area contributed by atoms with Crippen LogP contribution in [0.5, 0.6) is 5.75 Å². The Balaban J connectivity index is 2.27. The molecule has 146 valence electrons. The van der Waals surface area contributed by atoms with Crippen LogP contribution in [-0.2, 0) is 21.4 Å². The standard InChI is InChI=1S/C20H26N2O4S/c1-14-6-9-17(10-7-14)13-21-20(23)16(3)22(27(5,24)25)18-12-15(2)8-11-19(18)26-4/h6-12,16H,13H2,1-5H3,(H,21,23)/t16-/m1/s1. The second-order valence-electron chi connectivity index (χ2n) is 6.61. The highest BCUT2D eigenvalue weighted by Crippen LogP contribution is 2.32. The monoisotopic (exact) mass is 390 g/mol. The normalized spacial score (nSPS) is 12.3. The number of carbonyl (C=O) groups excluding carboxylic acids is 1. The van der Waals surface area contributed by atoms with Gasteiger partial charge in [0.1, 0.15) is 11.8 Å². The lowest BCUT2D eigenvalue weighted by molar-refractivity contribution is -0.122. The predicted octanol–water partition coefficient (Wildman–Crippen LogP) is 2.78. The molecule has 0 unspecified atom stereocenters. The number of amides is 1.